The normalized spacial score (nSPS) is 15.0. The molecule has 4 rings (SSSR count). The van der Waals surface area contributed by atoms with Crippen LogP contribution in [0.3, 0.4) is 0 Å². The number of nitrogens with zero attached hydrogens (tertiary/aromatic N) is 3. The van der Waals surface area contributed by atoms with E-state index in [0.29, 0.717) is 28.2 Å². The van der Waals surface area contributed by atoms with Gasteiger partial charge in [-0.1, -0.05) is 0 Å². The first-order valence-corrected chi connectivity index (χ1v) is 9.29. The maximum atomic E-state index is 12.7. The van der Waals surface area contributed by atoms with Crippen LogP contribution in [-0.2, 0) is 0 Å². The van der Waals surface area contributed by atoms with E-state index >= 15 is 0 Å². The van der Waals surface area contributed by atoms with Gasteiger partial charge in [-0.2, -0.15) is 0 Å². The predicted molar refractivity (Wildman–Crippen MR) is 111 cm³/mol. The third kappa shape index (κ3) is 3.41. The van der Waals surface area contributed by atoms with Crippen LogP contribution < -0.4 is 19.9 Å². The SMILES string of the molecule is COc1cc(OC)c2c(=O)[nH]c(-c3ccc(N4CCN(C)CC4)cc3)nc2c1. The monoisotopic (exact) mass is 380 g/mol. The number of likely N-dealkylation sites (N-methyl/N-ethyl adjacent to an activating group) is 1. The summed E-state index contributed by atoms with van der Waals surface area (Å²) in [6.45, 7) is 4.15. The van der Waals surface area contributed by atoms with Gasteiger partial charge >= 0.3 is 0 Å². The summed E-state index contributed by atoms with van der Waals surface area (Å²) in [5.74, 6) is 1.57. The first-order valence-electron chi connectivity index (χ1n) is 9.29. The molecule has 0 amide bonds. The summed E-state index contributed by atoms with van der Waals surface area (Å²) < 4.78 is 10.6. The molecule has 3 aromatic rings. The highest BCUT2D eigenvalue weighted by Crippen LogP contribution is 2.29. The summed E-state index contributed by atoms with van der Waals surface area (Å²) in [4.78, 5) is 24.9. The van der Waals surface area contributed by atoms with E-state index in [9.17, 15) is 4.79 Å². The predicted octanol–water partition coefficient (Wildman–Crippen LogP) is 2.36. The van der Waals surface area contributed by atoms with Crippen LogP contribution in [0.4, 0.5) is 5.69 Å². The molecule has 1 aliphatic heterocycles. The van der Waals surface area contributed by atoms with Crippen LogP contribution in [0.15, 0.2) is 41.2 Å². The Balaban J connectivity index is 1.70. The largest absolute Gasteiger partial charge is 0.497 e. The highest BCUT2D eigenvalue weighted by atomic mass is 16.5. The van der Waals surface area contributed by atoms with Crippen LogP contribution in [0.25, 0.3) is 22.3 Å². The topological polar surface area (TPSA) is 70.7 Å². The Morgan fingerprint density at radius 1 is 1.00 bits per heavy atom. The number of ether oxygens (including phenoxy) is 2. The second-order valence-corrected chi connectivity index (χ2v) is 6.98. The van der Waals surface area contributed by atoms with Gasteiger partial charge in [-0.3, -0.25) is 4.79 Å². The van der Waals surface area contributed by atoms with E-state index in [-0.39, 0.29) is 5.56 Å². The first-order chi connectivity index (χ1) is 13.6. The number of aromatic amines is 1. The lowest BCUT2D eigenvalue weighted by Crippen LogP contribution is -2.44. The molecule has 0 unspecified atom stereocenters. The molecule has 0 aliphatic carbocycles. The highest BCUT2D eigenvalue weighted by Gasteiger charge is 2.15. The number of nitrogens with one attached hydrogen (secondary N) is 1. The van der Waals surface area contributed by atoms with Gasteiger partial charge in [0.1, 0.15) is 22.7 Å². The van der Waals surface area contributed by atoms with Crippen molar-refractivity contribution in [2.75, 3.05) is 52.3 Å². The summed E-state index contributed by atoms with van der Waals surface area (Å²) in [6.07, 6.45) is 0. The third-order valence-corrected chi connectivity index (χ3v) is 5.21. The molecule has 7 heteroatoms. The lowest BCUT2D eigenvalue weighted by molar-refractivity contribution is 0.313. The highest BCUT2D eigenvalue weighted by molar-refractivity contribution is 5.87. The van der Waals surface area contributed by atoms with Crippen LogP contribution in [0.2, 0.25) is 0 Å². The van der Waals surface area contributed by atoms with Gasteiger partial charge in [-0.25, -0.2) is 4.98 Å². The maximum absolute atomic E-state index is 12.7. The Bertz CT molecular complexity index is 1040. The number of benzene rings is 2. The number of anilines is 1. The van der Waals surface area contributed by atoms with Gasteiger partial charge in [0.05, 0.1) is 19.7 Å². The molecule has 0 spiro atoms. The lowest BCUT2D eigenvalue weighted by atomic mass is 10.1. The second kappa shape index (κ2) is 7.52. The van der Waals surface area contributed by atoms with Gasteiger partial charge < -0.3 is 24.3 Å². The Morgan fingerprint density at radius 3 is 2.36 bits per heavy atom. The number of hydrogen-bond donors (Lipinski definition) is 1. The van der Waals surface area contributed by atoms with Crippen LogP contribution >= 0.6 is 0 Å². The molecule has 0 saturated carbocycles. The lowest BCUT2D eigenvalue weighted by Gasteiger charge is -2.34. The average Bonchev–Trinajstić information content (AvgIpc) is 2.73. The number of aromatic nitrogens is 2. The zero-order chi connectivity index (χ0) is 19.7. The van der Waals surface area contributed by atoms with E-state index in [2.05, 4.69) is 38.9 Å². The van der Waals surface area contributed by atoms with Gasteiger partial charge in [0.15, 0.2) is 0 Å². The van der Waals surface area contributed by atoms with Crippen LogP contribution in [-0.4, -0.2) is 62.3 Å². The molecule has 28 heavy (non-hydrogen) atoms. The van der Waals surface area contributed by atoms with E-state index in [1.165, 1.54) is 12.8 Å². The molecular formula is C21H24N4O3. The molecule has 7 nitrogen and oxygen atoms in total. The summed E-state index contributed by atoms with van der Waals surface area (Å²) in [7, 11) is 5.25. The molecule has 2 aromatic carbocycles. The molecule has 0 radical (unpaired) electrons. The second-order valence-electron chi connectivity index (χ2n) is 6.98. The van der Waals surface area contributed by atoms with Crippen molar-refractivity contribution in [2.24, 2.45) is 0 Å². The Kier molecular flexibility index (Phi) is 4.92. The minimum absolute atomic E-state index is 0.234. The van der Waals surface area contributed by atoms with Gasteiger partial charge in [0, 0.05) is 49.6 Å². The quantitative estimate of drug-likeness (QED) is 0.749. The van der Waals surface area contributed by atoms with Crippen molar-refractivity contribution in [3.8, 4) is 22.9 Å². The van der Waals surface area contributed by atoms with Gasteiger partial charge in [0.2, 0.25) is 0 Å². The molecule has 1 aliphatic rings. The summed E-state index contributed by atoms with van der Waals surface area (Å²) in [6, 6.07) is 11.6. The minimum atomic E-state index is -0.234. The van der Waals surface area contributed by atoms with E-state index < -0.39 is 0 Å². The number of rotatable bonds is 4. The number of piperazine rings is 1. The van der Waals surface area contributed by atoms with Crippen molar-refractivity contribution < 1.29 is 9.47 Å². The van der Waals surface area contributed by atoms with Crippen LogP contribution in [0, 0.1) is 0 Å². The van der Waals surface area contributed by atoms with Crippen molar-refractivity contribution in [3.05, 3.63) is 46.8 Å². The number of fused-ring (bicyclic) bond motifs is 1. The summed E-state index contributed by atoms with van der Waals surface area (Å²) in [5, 5.41) is 0.418. The summed E-state index contributed by atoms with van der Waals surface area (Å²) >= 11 is 0. The molecule has 146 valence electrons. The van der Waals surface area contributed by atoms with E-state index in [1.54, 1.807) is 19.2 Å². The molecular weight excluding hydrogens is 356 g/mol. The molecule has 0 atom stereocenters. The Labute approximate surface area is 163 Å². The standard InChI is InChI=1S/C21H24N4O3/c1-24-8-10-25(11-9-24)15-6-4-14(5-7-15)20-22-17-12-16(27-2)13-18(28-3)19(17)21(26)23-20/h4-7,12-13H,8-11H2,1-3H3,(H,22,23,26). The molecule has 1 fully saturated rings. The van der Waals surface area contributed by atoms with E-state index in [1.807, 2.05) is 12.1 Å². The minimum Gasteiger partial charge on any atom is -0.497 e. The van der Waals surface area contributed by atoms with Crippen molar-refractivity contribution in [1.29, 1.82) is 0 Å². The van der Waals surface area contributed by atoms with Crippen LogP contribution in [0.1, 0.15) is 0 Å². The zero-order valence-electron chi connectivity index (χ0n) is 16.4. The molecule has 1 N–H and O–H groups in total. The van der Waals surface area contributed by atoms with E-state index in [0.717, 1.165) is 31.7 Å². The molecule has 1 saturated heterocycles. The van der Waals surface area contributed by atoms with Crippen LogP contribution in [0.5, 0.6) is 11.5 Å². The van der Waals surface area contributed by atoms with Gasteiger partial charge in [-0.15, -0.1) is 0 Å². The third-order valence-electron chi connectivity index (χ3n) is 5.21. The fourth-order valence-corrected chi connectivity index (χ4v) is 3.52. The average molecular weight is 380 g/mol. The fourth-order valence-electron chi connectivity index (χ4n) is 3.52. The van der Waals surface area contributed by atoms with Crippen molar-refractivity contribution in [3.63, 3.8) is 0 Å². The van der Waals surface area contributed by atoms with Crippen molar-refractivity contribution >= 4 is 16.6 Å². The summed E-state index contributed by atoms with van der Waals surface area (Å²) in [5.41, 5.74) is 2.35. The van der Waals surface area contributed by atoms with Gasteiger partial charge in [0.25, 0.3) is 5.56 Å². The number of methoxy groups -OCH3 is 2. The first kappa shape index (κ1) is 18.3. The fraction of sp³-hybridized carbons (Fsp3) is 0.333. The van der Waals surface area contributed by atoms with E-state index in [4.69, 9.17) is 9.47 Å². The molecule has 1 aromatic heterocycles. The van der Waals surface area contributed by atoms with Crippen molar-refractivity contribution in [1.82, 2.24) is 14.9 Å². The molecule has 2 heterocycles. The maximum Gasteiger partial charge on any atom is 0.262 e. The Morgan fingerprint density at radius 2 is 1.71 bits per heavy atom. The number of hydrogen-bond acceptors (Lipinski definition) is 6. The van der Waals surface area contributed by atoms with Crippen molar-refractivity contribution in [2.45, 2.75) is 0 Å². The Hall–Kier alpha value is -3.06. The zero-order valence-corrected chi connectivity index (χ0v) is 16.4. The smallest absolute Gasteiger partial charge is 0.262 e. The van der Waals surface area contributed by atoms with Gasteiger partial charge in [-0.05, 0) is 31.3 Å². The number of H-pyrrole nitrogens is 1. The molecule has 0 bridgehead atoms.